The van der Waals surface area contributed by atoms with Crippen LogP contribution in [0.25, 0.3) is 22.3 Å². The Labute approximate surface area is 223 Å². The Bertz CT molecular complexity index is 1540. The van der Waals surface area contributed by atoms with E-state index in [9.17, 15) is 4.79 Å². The largest absolute Gasteiger partial charge is 0.477 e. The van der Waals surface area contributed by atoms with Crippen LogP contribution in [0.2, 0.25) is 0 Å². The number of pyridine rings is 1. The summed E-state index contributed by atoms with van der Waals surface area (Å²) in [6.07, 6.45) is 3.21. The molecule has 10 heteroatoms. The van der Waals surface area contributed by atoms with Crippen molar-refractivity contribution in [2.24, 2.45) is 18.9 Å². The molecule has 9 nitrogen and oxygen atoms in total. The molecule has 0 radical (unpaired) electrons. The highest BCUT2D eigenvalue weighted by atomic mass is 79.9. The standard InChI is InChI=1S/C27H31BrN6O3/c1-15-9-19(26(35)36-4)11-22(30-15)24-16(2)32-33(3)25(24)37-14-18-6-5-17(10-18)13-34-23-12-20(28)7-8-21(23)31-27(34)29/h7-9,11-12,17-18H,5-6,10,13-14H2,1-4H3,(H2,29,31)/t17-,18+/m1/s1. The van der Waals surface area contributed by atoms with Crippen LogP contribution < -0.4 is 10.4 Å². The molecule has 5 rings (SSSR count). The molecule has 4 aromatic rings. The highest BCUT2D eigenvalue weighted by molar-refractivity contribution is 9.10. The van der Waals surface area contributed by atoms with Crippen molar-refractivity contribution in [1.29, 1.82) is 5.41 Å². The fourth-order valence-electron chi connectivity index (χ4n) is 5.42. The number of esters is 1. The molecule has 1 aliphatic carbocycles. The van der Waals surface area contributed by atoms with E-state index in [1.54, 1.807) is 16.8 Å². The van der Waals surface area contributed by atoms with Crippen molar-refractivity contribution in [3.63, 3.8) is 0 Å². The number of nitrogens with zero attached hydrogens (tertiary/aromatic N) is 4. The van der Waals surface area contributed by atoms with Gasteiger partial charge in [0.1, 0.15) is 0 Å². The van der Waals surface area contributed by atoms with E-state index in [2.05, 4.69) is 41.6 Å². The van der Waals surface area contributed by atoms with Gasteiger partial charge in [-0.05, 0) is 75.3 Å². The van der Waals surface area contributed by atoms with Crippen LogP contribution in [-0.2, 0) is 18.3 Å². The fourth-order valence-corrected chi connectivity index (χ4v) is 5.77. The predicted octanol–water partition coefficient (Wildman–Crippen LogP) is 4.91. The van der Waals surface area contributed by atoms with Crippen LogP contribution in [0.1, 0.15) is 41.0 Å². The van der Waals surface area contributed by atoms with Gasteiger partial charge < -0.3 is 19.0 Å². The minimum absolute atomic E-state index is 0.399. The molecule has 1 saturated carbocycles. The first-order chi connectivity index (χ1) is 17.7. The van der Waals surface area contributed by atoms with Gasteiger partial charge in [-0.25, -0.2) is 9.48 Å². The molecule has 1 aromatic carbocycles. The summed E-state index contributed by atoms with van der Waals surface area (Å²) in [6, 6.07) is 9.51. The van der Waals surface area contributed by atoms with Gasteiger partial charge in [-0.3, -0.25) is 10.4 Å². The molecule has 0 unspecified atom stereocenters. The number of nitrogens with one attached hydrogen (secondary N) is 2. The number of carbonyl (C=O) groups is 1. The third-order valence-electron chi connectivity index (χ3n) is 7.12. The van der Waals surface area contributed by atoms with Crippen molar-refractivity contribution in [2.75, 3.05) is 13.7 Å². The Morgan fingerprint density at radius 2 is 2.00 bits per heavy atom. The van der Waals surface area contributed by atoms with Crippen molar-refractivity contribution in [3.05, 3.63) is 57.4 Å². The van der Waals surface area contributed by atoms with E-state index in [1.807, 2.05) is 33.0 Å². The maximum Gasteiger partial charge on any atom is 0.337 e. The summed E-state index contributed by atoms with van der Waals surface area (Å²) < 4.78 is 16.1. The second kappa shape index (κ2) is 10.2. The molecule has 0 amide bonds. The number of benzene rings is 1. The summed E-state index contributed by atoms with van der Waals surface area (Å²) in [5.74, 6) is 1.15. The number of hydrogen-bond acceptors (Lipinski definition) is 6. The Morgan fingerprint density at radius 1 is 1.22 bits per heavy atom. The Kier molecular flexibility index (Phi) is 6.94. The van der Waals surface area contributed by atoms with Crippen molar-refractivity contribution < 1.29 is 14.3 Å². The first-order valence-corrected chi connectivity index (χ1v) is 13.2. The lowest BCUT2D eigenvalue weighted by atomic mass is 10.1. The van der Waals surface area contributed by atoms with Crippen LogP contribution in [0, 0.1) is 31.1 Å². The van der Waals surface area contributed by atoms with Crippen molar-refractivity contribution >= 4 is 32.9 Å². The topological polar surface area (TPSA) is 111 Å². The van der Waals surface area contributed by atoms with E-state index in [-0.39, 0.29) is 0 Å². The van der Waals surface area contributed by atoms with Gasteiger partial charge in [-0.2, -0.15) is 5.10 Å². The lowest BCUT2D eigenvalue weighted by molar-refractivity contribution is 0.0600. The van der Waals surface area contributed by atoms with Crippen molar-refractivity contribution in [3.8, 4) is 17.1 Å². The average Bonchev–Trinajstić information content (AvgIpc) is 3.52. The third kappa shape index (κ3) is 5.07. The van der Waals surface area contributed by atoms with E-state index in [4.69, 9.17) is 14.9 Å². The lowest BCUT2D eigenvalue weighted by Gasteiger charge is -2.15. The number of imidazole rings is 1. The molecule has 0 spiro atoms. The minimum atomic E-state index is -0.399. The van der Waals surface area contributed by atoms with Crippen LogP contribution in [0.4, 0.5) is 0 Å². The van der Waals surface area contributed by atoms with Crippen LogP contribution in [-0.4, -0.2) is 44.0 Å². The van der Waals surface area contributed by atoms with Crippen LogP contribution >= 0.6 is 15.9 Å². The van der Waals surface area contributed by atoms with E-state index >= 15 is 0 Å². The third-order valence-corrected chi connectivity index (χ3v) is 7.61. The van der Waals surface area contributed by atoms with E-state index in [1.165, 1.54) is 7.11 Å². The number of aryl methyl sites for hydroxylation is 3. The highest BCUT2D eigenvalue weighted by Crippen LogP contribution is 2.36. The van der Waals surface area contributed by atoms with E-state index in [0.717, 1.165) is 58.3 Å². The quantitative estimate of drug-likeness (QED) is 0.309. The predicted molar refractivity (Wildman–Crippen MR) is 143 cm³/mol. The van der Waals surface area contributed by atoms with Gasteiger partial charge in [-0.1, -0.05) is 15.9 Å². The molecule has 2 atom stereocenters. The number of aromatic amines is 1. The van der Waals surface area contributed by atoms with Crippen molar-refractivity contribution in [2.45, 2.75) is 39.7 Å². The molecule has 1 aliphatic rings. The normalized spacial score (nSPS) is 17.4. The second-order valence-electron chi connectivity index (χ2n) is 9.86. The molecule has 37 heavy (non-hydrogen) atoms. The zero-order valence-corrected chi connectivity index (χ0v) is 23.1. The first-order valence-electron chi connectivity index (χ1n) is 12.4. The van der Waals surface area contributed by atoms with Gasteiger partial charge >= 0.3 is 5.97 Å². The van der Waals surface area contributed by atoms with Gasteiger partial charge in [-0.15, -0.1) is 0 Å². The summed E-state index contributed by atoms with van der Waals surface area (Å²) >= 11 is 3.55. The molecule has 3 heterocycles. The summed E-state index contributed by atoms with van der Waals surface area (Å²) in [4.78, 5) is 20.0. The molecular formula is C27H31BrN6O3. The number of rotatable bonds is 7. The monoisotopic (exact) mass is 566 g/mol. The van der Waals surface area contributed by atoms with Gasteiger partial charge in [0.2, 0.25) is 5.88 Å². The van der Waals surface area contributed by atoms with Gasteiger partial charge in [0, 0.05) is 23.8 Å². The summed E-state index contributed by atoms with van der Waals surface area (Å²) in [6.45, 7) is 5.17. The summed E-state index contributed by atoms with van der Waals surface area (Å²) in [5.41, 5.74) is 5.87. The number of carbonyl (C=O) groups excluding carboxylic acids is 1. The van der Waals surface area contributed by atoms with Crippen LogP contribution in [0.15, 0.2) is 34.8 Å². The second-order valence-corrected chi connectivity index (χ2v) is 10.8. The first kappa shape index (κ1) is 25.3. The maximum atomic E-state index is 12.2. The number of methoxy groups -OCH3 is 1. The van der Waals surface area contributed by atoms with Gasteiger partial charge in [0.15, 0.2) is 5.62 Å². The van der Waals surface area contributed by atoms with Crippen molar-refractivity contribution in [1.82, 2.24) is 24.3 Å². The lowest BCUT2D eigenvalue weighted by Crippen LogP contribution is -2.21. The number of halogens is 1. The number of hydrogen-bond donors (Lipinski definition) is 2. The molecule has 0 saturated heterocycles. The zero-order chi connectivity index (χ0) is 26.3. The van der Waals surface area contributed by atoms with Gasteiger partial charge in [0.25, 0.3) is 0 Å². The molecule has 194 valence electrons. The Balaban J connectivity index is 1.30. The van der Waals surface area contributed by atoms with Gasteiger partial charge in [0.05, 0.1) is 47.3 Å². The molecule has 0 bridgehead atoms. The average molecular weight is 567 g/mol. The smallest absolute Gasteiger partial charge is 0.337 e. The minimum Gasteiger partial charge on any atom is -0.477 e. The maximum absolute atomic E-state index is 12.2. The number of fused-ring (bicyclic) bond motifs is 1. The van der Waals surface area contributed by atoms with E-state index < -0.39 is 5.97 Å². The SMILES string of the molecule is COC(=O)c1cc(C)nc(-c2c(C)nn(C)c2OC[C@H]2CC[C@@H](Cn3c(=N)[nH]c4ccc(Br)cc43)C2)c1. The molecule has 1 fully saturated rings. The number of H-pyrrole nitrogens is 1. The Hall–Kier alpha value is -3.40. The Morgan fingerprint density at radius 3 is 2.78 bits per heavy atom. The van der Waals surface area contributed by atoms with Crippen LogP contribution in [0.3, 0.4) is 0 Å². The summed E-state index contributed by atoms with van der Waals surface area (Å²) in [7, 11) is 3.24. The van der Waals surface area contributed by atoms with Crippen LogP contribution in [0.5, 0.6) is 5.88 Å². The number of ether oxygens (including phenoxy) is 2. The molecule has 0 aliphatic heterocycles. The summed E-state index contributed by atoms with van der Waals surface area (Å²) in [5, 5.41) is 13.0. The zero-order valence-electron chi connectivity index (χ0n) is 21.5. The number of aromatic nitrogens is 5. The molecule has 2 N–H and O–H groups in total. The molecular weight excluding hydrogens is 536 g/mol. The van der Waals surface area contributed by atoms with E-state index in [0.29, 0.717) is 41.2 Å². The molecule has 3 aromatic heterocycles. The fraction of sp³-hybridized carbons (Fsp3) is 0.407. The highest BCUT2D eigenvalue weighted by Gasteiger charge is 2.28.